The van der Waals surface area contributed by atoms with Crippen LogP contribution >= 0.6 is 0 Å². The molecule has 1 aliphatic heterocycles. The zero-order valence-corrected chi connectivity index (χ0v) is 16.0. The SMILES string of the molecule is Cc1cc(C)nc(-n2nc(C)cc2NC(=O)CN2C[C@@H](C)O[C@@H](C)C2)n1. The van der Waals surface area contributed by atoms with Gasteiger partial charge in [-0.1, -0.05) is 0 Å². The van der Waals surface area contributed by atoms with Crippen LogP contribution in [-0.2, 0) is 9.53 Å². The first-order valence-corrected chi connectivity index (χ1v) is 8.87. The van der Waals surface area contributed by atoms with Gasteiger partial charge in [-0.15, -0.1) is 0 Å². The maximum atomic E-state index is 12.5. The third-order valence-corrected chi connectivity index (χ3v) is 4.12. The van der Waals surface area contributed by atoms with E-state index in [9.17, 15) is 4.79 Å². The van der Waals surface area contributed by atoms with Gasteiger partial charge in [-0.05, 0) is 40.7 Å². The van der Waals surface area contributed by atoms with Gasteiger partial charge in [0.25, 0.3) is 5.95 Å². The molecule has 1 saturated heterocycles. The van der Waals surface area contributed by atoms with Crippen LogP contribution in [0.1, 0.15) is 30.9 Å². The van der Waals surface area contributed by atoms with E-state index in [2.05, 4.69) is 25.3 Å². The van der Waals surface area contributed by atoms with Crippen LogP contribution in [0.3, 0.4) is 0 Å². The van der Waals surface area contributed by atoms with Crippen molar-refractivity contribution in [3.05, 3.63) is 29.2 Å². The lowest BCUT2D eigenvalue weighted by Crippen LogP contribution is -2.48. The van der Waals surface area contributed by atoms with Gasteiger partial charge in [-0.25, -0.2) is 9.97 Å². The summed E-state index contributed by atoms with van der Waals surface area (Å²) in [7, 11) is 0. The van der Waals surface area contributed by atoms with Crippen molar-refractivity contribution in [2.24, 2.45) is 0 Å². The smallest absolute Gasteiger partial charge is 0.252 e. The maximum Gasteiger partial charge on any atom is 0.252 e. The highest BCUT2D eigenvalue weighted by molar-refractivity contribution is 5.91. The van der Waals surface area contributed by atoms with Gasteiger partial charge in [0.1, 0.15) is 5.82 Å². The fourth-order valence-electron chi connectivity index (χ4n) is 3.34. The number of anilines is 1. The average molecular weight is 358 g/mol. The van der Waals surface area contributed by atoms with Crippen LogP contribution in [0.15, 0.2) is 12.1 Å². The predicted octanol–water partition coefficient (Wildman–Crippen LogP) is 1.64. The van der Waals surface area contributed by atoms with Crippen molar-refractivity contribution >= 4 is 11.7 Å². The lowest BCUT2D eigenvalue weighted by Gasteiger charge is -2.34. The van der Waals surface area contributed by atoms with E-state index in [1.165, 1.54) is 0 Å². The Kier molecular flexibility index (Phi) is 5.33. The average Bonchev–Trinajstić information content (AvgIpc) is 2.85. The van der Waals surface area contributed by atoms with Crippen LogP contribution in [0.2, 0.25) is 0 Å². The van der Waals surface area contributed by atoms with Crippen LogP contribution < -0.4 is 5.32 Å². The second-order valence-corrected chi connectivity index (χ2v) is 7.03. The van der Waals surface area contributed by atoms with Crippen molar-refractivity contribution < 1.29 is 9.53 Å². The highest BCUT2D eigenvalue weighted by atomic mass is 16.5. The molecule has 8 heteroatoms. The Balaban J connectivity index is 1.75. The summed E-state index contributed by atoms with van der Waals surface area (Å²) in [6.07, 6.45) is 0.256. The van der Waals surface area contributed by atoms with E-state index in [4.69, 9.17) is 4.74 Å². The number of hydrogen-bond acceptors (Lipinski definition) is 6. The summed E-state index contributed by atoms with van der Waals surface area (Å²) >= 11 is 0. The molecular weight excluding hydrogens is 332 g/mol. The number of rotatable bonds is 4. The van der Waals surface area contributed by atoms with Gasteiger partial charge in [-0.3, -0.25) is 9.69 Å². The molecule has 0 unspecified atom stereocenters. The number of ether oxygens (including phenoxy) is 1. The number of aryl methyl sites for hydroxylation is 3. The summed E-state index contributed by atoms with van der Waals surface area (Å²) in [5, 5.41) is 7.38. The first-order chi connectivity index (χ1) is 12.3. The summed E-state index contributed by atoms with van der Waals surface area (Å²) in [5.41, 5.74) is 2.50. The molecule has 0 saturated carbocycles. The number of aromatic nitrogens is 4. The Morgan fingerprint density at radius 2 is 1.73 bits per heavy atom. The standard InChI is InChI=1S/C18H26N6O2/c1-11-6-12(2)20-18(19-11)24-16(7-13(3)22-24)21-17(25)10-23-8-14(4)26-15(5)9-23/h6-7,14-15H,8-10H2,1-5H3,(H,21,25)/t14-,15+. The third kappa shape index (κ3) is 4.44. The van der Waals surface area contributed by atoms with E-state index >= 15 is 0 Å². The predicted molar refractivity (Wildman–Crippen MR) is 98.4 cm³/mol. The van der Waals surface area contributed by atoms with E-state index in [-0.39, 0.29) is 18.1 Å². The molecule has 0 radical (unpaired) electrons. The lowest BCUT2D eigenvalue weighted by atomic mass is 10.2. The number of amides is 1. The van der Waals surface area contributed by atoms with Crippen LogP contribution in [0.25, 0.3) is 5.95 Å². The van der Waals surface area contributed by atoms with Gasteiger partial charge >= 0.3 is 0 Å². The van der Waals surface area contributed by atoms with Crippen molar-refractivity contribution in [2.75, 3.05) is 25.0 Å². The van der Waals surface area contributed by atoms with Crippen molar-refractivity contribution in [3.63, 3.8) is 0 Å². The Hall–Kier alpha value is -2.32. The molecule has 1 amide bonds. The summed E-state index contributed by atoms with van der Waals surface area (Å²) < 4.78 is 7.30. The molecule has 2 atom stereocenters. The first-order valence-electron chi connectivity index (χ1n) is 8.87. The summed E-state index contributed by atoms with van der Waals surface area (Å²) in [5.74, 6) is 0.947. The molecule has 1 N–H and O–H groups in total. The molecule has 1 aliphatic rings. The van der Waals surface area contributed by atoms with Crippen molar-refractivity contribution in [1.29, 1.82) is 0 Å². The number of morpholine rings is 1. The molecule has 8 nitrogen and oxygen atoms in total. The fourth-order valence-corrected chi connectivity index (χ4v) is 3.34. The Bertz CT molecular complexity index is 773. The first kappa shape index (κ1) is 18.5. The molecule has 0 aromatic carbocycles. The molecular formula is C18H26N6O2. The number of carbonyl (C=O) groups excluding carboxylic acids is 1. The van der Waals surface area contributed by atoms with Gasteiger partial charge in [0.2, 0.25) is 5.91 Å². The lowest BCUT2D eigenvalue weighted by molar-refractivity contribution is -0.121. The topological polar surface area (TPSA) is 85.2 Å². The molecule has 140 valence electrons. The molecule has 3 heterocycles. The van der Waals surface area contributed by atoms with Crippen LogP contribution in [0.5, 0.6) is 0 Å². The molecule has 3 rings (SSSR count). The second kappa shape index (κ2) is 7.51. The quantitative estimate of drug-likeness (QED) is 0.894. The summed E-state index contributed by atoms with van der Waals surface area (Å²) in [4.78, 5) is 23.5. The number of carbonyl (C=O) groups is 1. The number of hydrogen-bond donors (Lipinski definition) is 1. The number of nitrogens with one attached hydrogen (secondary N) is 1. The fraction of sp³-hybridized carbons (Fsp3) is 0.556. The largest absolute Gasteiger partial charge is 0.373 e. The van der Waals surface area contributed by atoms with Crippen molar-refractivity contribution in [3.8, 4) is 5.95 Å². The molecule has 0 spiro atoms. The van der Waals surface area contributed by atoms with Gasteiger partial charge in [0.05, 0.1) is 24.4 Å². The zero-order chi connectivity index (χ0) is 18.8. The Morgan fingerprint density at radius 1 is 1.12 bits per heavy atom. The Morgan fingerprint density at radius 3 is 2.35 bits per heavy atom. The van der Waals surface area contributed by atoms with E-state index in [0.717, 1.165) is 30.2 Å². The van der Waals surface area contributed by atoms with Gasteiger partial charge in [0, 0.05) is 30.5 Å². The van der Waals surface area contributed by atoms with E-state index in [1.54, 1.807) is 4.68 Å². The van der Waals surface area contributed by atoms with Crippen LogP contribution in [0, 0.1) is 20.8 Å². The second-order valence-electron chi connectivity index (χ2n) is 7.03. The summed E-state index contributed by atoms with van der Waals surface area (Å²) in [6.45, 7) is 11.6. The molecule has 26 heavy (non-hydrogen) atoms. The highest BCUT2D eigenvalue weighted by Crippen LogP contribution is 2.16. The van der Waals surface area contributed by atoms with Crippen molar-refractivity contribution in [1.82, 2.24) is 24.6 Å². The molecule has 2 aromatic heterocycles. The summed E-state index contributed by atoms with van der Waals surface area (Å²) in [6, 6.07) is 3.72. The molecule has 2 aromatic rings. The van der Waals surface area contributed by atoms with Crippen LogP contribution in [0.4, 0.5) is 5.82 Å². The normalized spacial score (nSPS) is 21.0. The molecule has 0 aliphatic carbocycles. The van der Waals surface area contributed by atoms with Gasteiger partial charge in [-0.2, -0.15) is 9.78 Å². The van der Waals surface area contributed by atoms with E-state index in [1.807, 2.05) is 46.8 Å². The van der Waals surface area contributed by atoms with Gasteiger partial charge in [0.15, 0.2) is 0 Å². The van der Waals surface area contributed by atoms with E-state index in [0.29, 0.717) is 18.3 Å². The maximum absolute atomic E-state index is 12.5. The minimum absolute atomic E-state index is 0.0863. The minimum Gasteiger partial charge on any atom is -0.373 e. The minimum atomic E-state index is -0.0863. The highest BCUT2D eigenvalue weighted by Gasteiger charge is 2.24. The van der Waals surface area contributed by atoms with Crippen molar-refractivity contribution in [2.45, 2.75) is 46.8 Å². The monoisotopic (exact) mass is 358 g/mol. The van der Waals surface area contributed by atoms with E-state index < -0.39 is 0 Å². The molecule has 1 fully saturated rings. The van der Waals surface area contributed by atoms with Crippen LogP contribution in [-0.4, -0.2) is 62.4 Å². The third-order valence-electron chi connectivity index (χ3n) is 4.12. The zero-order valence-electron chi connectivity index (χ0n) is 16.0. The molecule has 0 bridgehead atoms. The number of nitrogens with zero attached hydrogens (tertiary/aromatic N) is 5. The Labute approximate surface area is 153 Å². The van der Waals surface area contributed by atoms with Gasteiger partial charge < -0.3 is 10.1 Å².